The molecular formula is C21H21N3O2S. The molecule has 1 N–H and O–H groups in total. The lowest BCUT2D eigenvalue weighted by Crippen LogP contribution is -2.28. The molecule has 1 saturated heterocycles. The van der Waals surface area contributed by atoms with Crippen LogP contribution in [0.3, 0.4) is 0 Å². The Bertz CT molecular complexity index is 1060. The molecule has 4 rings (SSSR count). The summed E-state index contributed by atoms with van der Waals surface area (Å²) < 4.78 is 1.05. The maximum Gasteiger partial charge on any atom is 0.231 e. The lowest BCUT2D eigenvalue weighted by atomic mass is 10.1. The predicted octanol–water partition coefficient (Wildman–Crippen LogP) is 4.21. The van der Waals surface area contributed by atoms with Gasteiger partial charge in [-0.1, -0.05) is 23.5 Å². The fraction of sp³-hybridized carbons (Fsp3) is 0.286. The van der Waals surface area contributed by atoms with Crippen molar-refractivity contribution in [1.82, 2.24) is 4.98 Å². The van der Waals surface area contributed by atoms with Crippen molar-refractivity contribution in [3.05, 3.63) is 53.1 Å². The summed E-state index contributed by atoms with van der Waals surface area (Å²) in [6.07, 6.45) is 0.225. The Morgan fingerprint density at radius 3 is 2.74 bits per heavy atom. The van der Waals surface area contributed by atoms with Gasteiger partial charge in [0.05, 0.1) is 16.1 Å². The van der Waals surface area contributed by atoms with Crippen LogP contribution in [0, 0.1) is 26.7 Å². The number of nitrogens with zero attached hydrogens (tertiary/aromatic N) is 2. The molecule has 1 aliphatic rings. The molecule has 0 saturated carbocycles. The maximum absolute atomic E-state index is 12.7. The molecule has 6 heteroatoms. The number of aryl methyl sites for hydroxylation is 3. The fourth-order valence-corrected chi connectivity index (χ4v) is 4.29. The van der Waals surface area contributed by atoms with E-state index < -0.39 is 0 Å². The number of thiazole rings is 1. The van der Waals surface area contributed by atoms with Gasteiger partial charge in [0.1, 0.15) is 0 Å². The first-order chi connectivity index (χ1) is 12.9. The van der Waals surface area contributed by atoms with Crippen molar-refractivity contribution >= 4 is 44.2 Å². The fourth-order valence-electron chi connectivity index (χ4n) is 3.32. The summed E-state index contributed by atoms with van der Waals surface area (Å²) >= 11 is 1.46. The van der Waals surface area contributed by atoms with E-state index in [2.05, 4.69) is 16.4 Å². The van der Waals surface area contributed by atoms with Crippen LogP contribution in [0.5, 0.6) is 0 Å². The molecule has 2 amide bonds. The van der Waals surface area contributed by atoms with Crippen LogP contribution in [0.25, 0.3) is 10.2 Å². The topological polar surface area (TPSA) is 62.3 Å². The zero-order valence-corrected chi connectivity index (χ0v) is 16.4. The molecule has 2 aromatic carbocycles. The van der Waals surface area contributed by atoms with Gasteiger partial charge in [-0.15, -0.1) is 0 Å². The summed E-state index contributed by atoms with van der Waals surface area (Å²) in [6, 6.07) is 12.0. The number of amides is 2. The Hall–Kier alpha value is -2.73. The second-order valence-corrected chi connectivity index (χ2v) is 8.18. The summed E-state index contributed by atoms with van der Waals surface area (Å²) in [6.45, 7) is 6.50. The Morgan fingerprint density at radius 1 is 1.15 bits per heavy atom. The second-order valence-electron chi connectivity index (χ2n) is 7.15. The molecule has 0 unspecified atom stereocenters. The lowest BCUT2D eigenvalue weighted by Gasteiger charge is -2.17. The Balaban J connectivity index is 1.49. The molecule has 0 spiro atoms. The molecule has 1 fully saturated rings. The molecule has 2 heterocycles. The van der Waals surface area contributed by atoms with Crippen LogP contribution < -0.4 is 10.2 Å². The number of hydrogen-bond donors (Lipinski definition) is 1. The van der Waals surface area contributed by atoms with Crippen LogP contribution in [0.1, 0.15) is 23.1 Å². The molecule has 1 aliphatic heterocycles. The molecule has 138 valence electrons. The first-order valence-electron chi connectivity index (χ1n) is 8.96. The molecule has 0 bridgehead atoms. The number of rotatable bonds is 3. The first kappa shape index (κ1) is 17.7. The number of hydrogen-bond acceptors (Lipinski definition) is 4. The third kappa shape index (κ3) is 3.45. The zero-order chi connectivity index (χ0) is 19.1. The summed E-state index contributed by atoms with van der Waals surface area (Å²) in [7, 11) is 0. The molecule has 0 aliphatic carbocycles. The number of nitrogens with one attached hydrogen (secondary N) is 1. The Morgan fingerprint density at radius 2 is 1.96 bits per heavy atom. The molecular weight excluding hydrogens is 358 g/mol. The van der Waals surface area contributed by atoms with E-state index in [1.807, 2.05) is 51.1 Å². The molecule has 1 aromatic heterocycles. The van der Waals surface area contributed by atoms with Gasteiger partial charge in [0.15, 0.2) is 5.13 Å². The van der Waals surface area contributed by atoms with E-state index in [0.717, 1.165) is 27.0 Å². The smallest absolute Gasteiger partial charge is 0.231 e. The zero-order valence-electron chi connectivity index (χ0n) is 15.6. The van der Waals surface area contributed by atoms with Crippen LogP contribution in [0.15, 0.2) is 36.4 Å². The molecule has 27 heavy (non-hydrogen) atoms. The van der Waals surface area contributed by atoms with Gasteiger partial charge in [0.25, 0.3) is 0 Å². The van der Waals surface area contributed by atoms with Crippen molar-refractivity contribution in [2.75, 3.05) is 16.8 Å². The predicted molar refractivity (Wildman–Crippen MR) is 109 cm³/mol. The summed E-state index contributed by atoms with van der Waals surface area (Å²) in [5, 5.41) is 3.48. The Kier molecular flexibility index (Phi) is 4.44. The second kappa shape index (κ2) is 6.78. The van der Waals surface area contributed by atoms with Gasteiger partial charge in [-0.05, 0) is 61.7 Å². The van der Waals surface area contributed by atoms with Gasteiger partial charge in [-0.25, -0.2) is 4.98 Å². The largest absolute Gasteiger partial charge is 0.312 e. The molecule has 5 nitrogen and oxygen atoms in total. The lowest BCUT2D eigenvalue weighted by molar-refractivity contribution is -0.122. The maximum atomic E-state index is 12.7. The normalized spacial score (nSPS) is 16.9. The number of carbonyl (C=O) groups is 2. The van der Waals surface area contributed by atoms with Crippen LogP contribution in [0.2, 0.25) is 0 Å². The van der Waals surface area contributed by atoms with Gasteiger partial charge in [0.2, 0.25) is 11.8 Å². The average molecular weight is 379 g/mol. The van der Waals surface area contributed by atoms with Crippen molar-refractivity contribution in [2.24, 2.45) is 5.92 Å². The first-order valence-corrected chi connectivity index (χ1v) is 9.78. The van der Waals surface area contributed by atoms with Crippen molar-refractivity contribution in [3.8, 4) is 0 Å². The average Bonchev–Trinajstić information content (AvgIpc) is 3.20. The van der Waals surface area contributed by atoms with Crippen LogP contribution >= 0.6 is 11.3 Å². The van der Waals surface area contributed by atoms with E-state index >= 15 is 0 Å². The van der Waals surface area contributed by atoms with E-state index in [9.17, 15) is 9.59 Å². The van der Waals surface area contributed by atoms with Gasteiger partial charge in [-0.2, -0.15) is 0 Å². The highest BCUT2D eigenvalue weighted by atomic mass is 32.1. The third-order valence-electron chi connectivity index (χ3n) is 5.07. The van der Waals surface area contributed by atoms with Crippen LogP contribution in [0.4, 0.5) is 10.8 Å². The number of carbonyl (C=O) groups excluding carboxylic acids is 2. The standard InChI is InChI=1S/C21H21N3O2S/c1-12-4-7-17-18(8-12)27-21(22-17)23-20(26)15-10-19(25)24(11-15)16-6-5-13(2)14(3)9-16/h4-9,15H,10-11H2,1-3H3,(H,22,23,26)/t15-/m1/s1. The van der Waals surface area contributed by atoms with Crippen molar-refractivity contribution in [3.63, 3.8) is 0 Å². The van der Waals surface area contributed by atoms with E-state index in [1.165, 1.54) is 16.9 Å². The third-order valence-corrected chi connectivity index (χ3v) is 6.01. The van der Waals surface area contributed by atoms with E-state index in [1.54, 1.807) is 4.90 Å². The van der Waals surface area contributed by atoms with E-state index in [0.29, 0.717) is 11.7 Å². The summed E-state index contributed by atoms with van der Waals surface area (Å²) in [5.74, 6) is -0.531. The quantitative estimate of drug-likeness (QED) is 0.741. The van der Waals surface area contributed by atoms with Gasteiger partial charge >= 0.3 is 0 Å². The van der Waals surface area contributed by atoms with Crippen molar-refractivity contribution < 1.29 is 9.59 Å². The minimum Gasteiger partial charge on any atom is -0.312 e. The van der Waals surface area contributed by atoms with E-state index in [4.69, 9.17) is 0 Å². The van der Waals surface area contributed by atoms with Crippen LogP contribution in [-0.4, -0.2) is 23.3 Å². The Labute approximate surface area is 162 Å². The molecule has 0 radical (unpaired) electrons. The van der Waals surface area contributed by atoms with Gasteiger partial charge < -0.3 is 10.2 Å². The molecule has 1 atom stereocenters. The van der Waals surface area contributed by atoms with Crippen molar-refractivity contribution in [1.29, 1.82) is 0 Å². The number of anilines is 2. The monoisotopic (exact) mass is 379 g/mol. The molecule has 3 aromatic rings. The van der Waals surface area contributed by atoms with Crippen molar-refractivity contribution in [2.45, 2.75) is 27.2 Å². The van der Waals surface area contributed by atoms with E-state index in [-0.39, 0.29) is 24.2 Å². The summed E-state index contributed by atoms with van der Waals surface area (Å²) in [4.78, 5) is 31.3. The highest BCUT2D eigenvalue weighted by molar-refractivity contribution is 7.22. The number of aromatic nitrogens is 1. The summed E-state index contributed by atoms with van der Waals surface area (Å²) in [5.41, 5.74) is 5.21. The highest BCUT2D eigenvalue weighted by Crippen LogP contribution is 2.30. The number of benzene rings is 2. The minimum atomic E-state index is -0.368. The SMILES string of the molecule is Cc1ccc2nc(NC(=O)[C@@H]3CC(=O)N(c4ccc(C)c(C)c4)C3)sc2c1. The number of fused-ring (bicyclic) bond motifs is 1. The minimum absolute atomic E-state index is 0.0154. The van der Waals surface area contributed by atoms with Gasteiger partial charge in [-0.3, -0.25) is 9.59 Å². The highest BCUT2D eigenvalue weighted by Gasteiger charge is 2.35. The van der Waals surface area contributed by atoms with Gasteiger partial charge in [0, 0.05) is 18.7 Å². The van der Waals surface area contributed by atoms with Crippen LogP contribution in [-0.2, 0) is 9.59 Å².